The Kier molecular flexibility index (Phi) is 2.75. The van der Waals surface area contributed by atoms with E-state index in [-0.39, 0.29) is 5.76 Å². The molecule has 0 N–H and O–H groups in total. The molecule has 0 aromatic heterocycles. The zero-order chi connectivity index (χ0) is 8.36. The van der Waals surface area contributed by atoms with E-state index in [1.54, 1.807) is 0 Å². The fourth-order valence-corrected chi connectivity index (χ4v) is 0.353. The summed E-state index contributed by atoms with van der Waals surface area (Å²) >= 11 is 0. The predicted octanol–water partition coefficient (Wildman–Crippen LogP) is 2.49. The van der Waals surface area contributed by atoms with Gasteiger partial charge in [0.05, 0.1) is 12.7 Å². The average molecular weight is 154 g/mol. The Balaban J connectivity index is 4.47. The number of rotatable bonds is 1. The van der Waals surface area contributed by atoms with Crippen LogP contribution in [0.15, 0.2) is 11.3 Å². The summed E-state index contributed by atoms with van der Waals surface area (Å²) in [5, 5.41) is 0. The smallest absolute Gasteiger partial charge is 0.415 e. The van der Waals surface area contributed by atoms with Gasteiger partial charge in [-0.3, -0.25) is 0 Å². The minimum atomic E-state index is -4.26. The number of hydrogen-bond acceptors (Lipinski definition) is 1. The molecule has 0 aliphatic heterocycles. The third kappa shape index (κ3) is 2.29. The summed E-state index contributed by atoms with van der Waals surface area (Å²) in [5.41, 5.74) is -0.685. The van der Waals surface area contributed by atoms with Crippen LogP contribution >= 0.6 is 0 Å². The minimum Gasteiger partial charge on any atom is -0.501 e. The molecular weight excluding hydrogens is 145 g/mol. The third-order valence-corrected chi connectivity index (χ3v) is 1.26. The van der Waals surface area contributed by atoms with E-state index in [0.29, 0.717) is 0 Å². The van der Waals surface area contributed by atoms with E-state index in [2.05, 4.69) is 4.74 Å². The molecule has 0 aliphatic carbocycles. The van der Waals surface area contributed by atoms with E-state index in [1.807, 2.05) is 0 Å². The van der Waals surface area contributed by atoms with Gasteiger partial charge in [0.15, 0.2) is 0 Å². The number of allylic oxidation sites excluding steroid dienone is 2. The monoisotopic (exact) mass is 154 g/mol. The van der Waals surface area contributed by atoms with Crippen LogP contribution in [-0.2, 0) is 4.74 Å². The first kappa shape index (κ1) is 9.33. The van der Waals surface area contributed by atoms with Crippen LogP contribution in [-0.4, -0.2) is 13.3 Å². The Labute approximate surface area is 57.5 Å². The van der Waals surface area contributed by atoms with Crippen molar-refractivity contribution in [2.45, 2.75) is 20.0 Å². The fourth-order valence-electron chi connectivity index (χ4n) is 0.353. The largest absolute Gasteiger partial charge is 0.501 e. The fraction of sp³-hybridized carbons (Fsp3) is 0.667. The van der Waals surface area contributed by atoms with Gasteiger partial charge >= 0.3 is 6.18 Å². The van der Waals surface area contributed by atoms with Crippen molar-refractivity contribution in [2.75, 3.05) is 7.11 Å². The molecule has 0 atom stereocenters. The van der Waals surface area contributed by atoms with Gasteiger partial charge in [0.1, 0.15) is 5.76 Å². The summed E-state index contributed by atoms with van der Waals surface area (Å²) in [6, 6.07) is 0. The Hall–Kier alpha value is -0.670. The Morgan fingerprint density at radius 3 is 1.70 bits per heavy atom. The highest BCUT2D eigenvalue weighted by molar-refractivity contribution is 5.09. The molecule has 0 rings (SSSR count). The molecule has 0 bridgehead atoms. The summed E-state index contributed by atoms with van der Waals surface area (Å²) in [5.74, 6) is -0.0903. The second kappa shape index (κ2) is 2.94. The van der Waals surface area contributed by atoms with Gasteiger partial charge < -0.3 is 4.74 Å². The second-order valence-corrected chi connectivity index (χ2v) is 1.88. The highest BCUT2D eigenvalue weighted by Gasteiger charge is 2.32. The highest BCUT2D eigenvalue weighted by atomic mass is 19.4. The van der Waals surface area contributed by atoms with Crippen LogP contribution in [0.5, 0.6) is 0 Å². The molecule has 0 amide bonds. The molecular formula is C6H9F3O. The number of hydrogen-bond donors (Lipinski definition) is 0. The second-order valence-electron chi connectivity index (χ2n) is 1.88. The van der Waals surface area contributed by atoms with E-state index < -0.39 is 11.7 Å². The average Bonchev–Trinajstić information content (AvgIpc) is 1.83. The zero-order valence-electron chi connectivity index (χ0n) is 6.04. The molecule has 0 unspecified atom stereocenters. The van der Waals surface area contributed by atoms with E-state index in [9.17, 15) is 13.2 Å². The Morgan fingerprint density at radius 1 is 1.20 bits per heavy atom. The highest BCUT2D eigenvalue weighted by Crippen LogP contribution is 2.27. The van der Waals surface area contributed by atoms with Gasteiger partial charge in [-0.15, -0.1) is 0 Å². The van der Waals surface area contributed by atoms with Crippen molar-refractivity contribution < 1.29 is 17.9 Å². The van der Waals surface area contributed by atoms with Crippen LogP contribution in [0.1, 0.15) is 13.8 Å². The van der Waals surface area contributed by atoms with Gasteiger partial charge in [0, 0.05) is 0 Å². The van der Waals surface area contributed by atoms with Gasteiger partial charge in [-0.2, -0.15) is 13.2 Å². The molecule has 0 heterocycles. The van der Waals surface area contributed by atoms with Gasteiger partial charge in [0.2, 0.25) is 0 Å². The molecule has 0 saturated carbocycles. The lowest BCUT2D eigenvalue weighted by molar-refractivity contribution is -0.0945. The molecule has 60 valence electrons. The zero-order valence-corrected chi connectivity index (χ0v) is 6.04. The standard InChI is InChI=1S/C6H9F3O/c1-4(5(2)10-3)6(7,8)9/h1-3H3/b5-4-. The Bertz CT molecular complexity index is 146. The summed E-state index contributed by atoms with van der Waals surface area (Å²) in [4.78, 5) is 0. The topological polar surface area (TPSA) is 9.23 Å². The molecule has 10 heavy (non-hydrogen) atoms. The van der Waals surface area contributed by atoms with Crippen molar-refractivity contribution in [2.24, 2.45) is 0 Å². The van der Waals surface area contributed by atoms with Crippen molar-refractivity contribution in [3.63, 3.8) is 0 Å². The van der Waals surface area contributed by atoms with Crippen molar-refractivity contribution in [1.82, 2.24) is 0 Å². The van der Waals surface area contributed by atoms with Gasteiger partial charge in [-0.25, -0.2) is 0 Å². The van der Waals surface area contributed by atoms with Crippen LogP contribution in [0.4, 0.5) is 13.2 Å². The lowest BCUT2D eigenvalue weighted by atomic mass is 10.2. The molecule has 0 aromatic rings. The van der Waals surface area contributed by atoms with E-state index in [4.69, 9.17) is 0 Å². The first-order valence-corrected chi connectivity index (χ1v) is 2.68. The quantitative estimate of drug-likeness (QED) is 0.527. The summed E-state index contributed by atoms with van der Waals surface area (Å²) in [6.07, 6.45) is -4.26. The predicted molar refractivity (Wildman–Crippen MR) is 31.4 cm³/mol. The molecule has 0 fully saturated rings. The number of alkyl halides is 3. The summed E-state index contributed by atoms with van der Waals surface area (Å²) < 4.78 is 39.6. The van der Waals surface area contributed by atoms with Gasteiger partial charge in [-0.1, -0.05) is 0 Å². The molecule has 0 aromatic carbocycles. The number of halogens is 3. The molecule has 1 nitrogen and oxygen atoms in total. The minimum absolute atomic E-state index is 0.0903. The van der Waals surface area contributed by atoms with Crippen LogP contribution in [0, 0.1) is 0 Å². The van der Waals surface area contributed by atoms with E-state index >= 15 is 0 Å². The first-order chi connectivity index (χ1) is 4.39. The van der Waals surface area contributed by atoms with Crippen molar-refractivity contribution >= 4 is 0 Å². The van der Waals surface area contributed by atoms with Crippen molar-refractivity contribution in [3.05, 3.63) is 11.3 Å². The number of ether oxygens (including phenoxy) is 1. The van der Waals surface area contributed by atoms with Crippen LogP contribution < -0.4 is 0 Å². The van der Waals surface area contributed by atoms with E-state index in [1.165, 1.54) is 14.0 Å². The molecule has 4 heteroatoms. The molecule has 0 radical (unpaired) electrons. The number of methoxy groups -OCH3 is 1. The maximum absolute atomic E-state index is 11.7. The molecule has 0 aliphatic rings. The van der Waals surface area contributed by atoms with Crippen LogP contribution in [0.2, 0.25) is 0 Å². The summed E-state index contributed by atoms with van der Waals surface area (Å²) in [7, 11) is 1.21. The maximum atomic E-state index is 11.7. The SMILES string of the molecule is CO/C(C)=C(/C)C(F)(F)F. The third-order valence-electron chi connectivity index (χ3n) is 1.26. The normalized spacial score (nSPS) is 14.6. The molecule has 0 spiro atoms. The van der Waals surface area contributed by atoms with Crippen LogP contribution in [0.3, 0.4) is 0 Å². The first-order valence-electron chi connectivity index (χ1n) is 2.68. The van der Waals surface area contributed by atoms with E-state index in [0.717, 1.165) is 6.92 Å². The molecule has 0 saturated heterocycles. The van der Waals surface area contributed by atoms with Crippen molar-refractivity contribution in [1.29, 1.82) is 0 Å². The summed E-state index contributed by atoms with van der Waals surface area (Å²) in [6.45, 7) is 2.27. The Morgan fingerprint density at radius 2 is 1.60 bits per heavy atom. The lowest BCUT2D eigenvalue weighted by Gasteiger charge is -2.09. The van der Waals surface area contributed by atoms with Gasteiger partial charge in [-0.05, 0) is 13.8 Å². The van der Waals surface area contributed by atoms with Gasteiger partial charge in [0.25, 0.3) is 0 Å². The van der Waals surface area contributed by atoms with Crippen molar-refractivity contribution in [3.8, 4) is 0 Å². The van der Waals surface area contributed by atoms with Crippen LogP contribution in [0.25, 0.3) is 0 Å². The lowest BCUT2D eigenvalue weighted by Crippen LogP contribution is -2.11. The maximum Gasteiger partial charge on any atom is 0.415 e.